The Balaban J connectivity index is 1.58. The minimum atomic E-state index is -1.11. The molecule has 4 unspecified atom stereocenters. The molecule has 4 rings (SSSR count). The van der Waals surface area contributed by atoms with E-state index in [-0.39, 0.29) is 18.6 Å². The first-order valence-electron chi connectivity index (χ1n) is 11.8. The highest BCUT2D eigenvalue weighted by Crippen LogP contribution is 2.35. The number of esters is 4. The molecular weight excluding hydrogens is 476 g/mol. The number of benzene rings is 3. The molecule has 0 bridgehead atoms. The lowest BCUT2D eigenvalue weighted by Gasteiger charge is -2.26. The molecule has 0 saturated heterocycles. The Hall–Kier alpha value is -4.46. The zero-order valence-corrected chi connectivity index (χ0v) is 20.1. The van der Waals surface area contributed by atoms with Gasteiger partial charge in [-0.25, -0.2) is 14.4 Å². The van der Waals surface area contributed by atoms with Crippen LogP contribution in [0.2, 0.25) is 0 Å². The highest BCUT2D eigenvalue weighted by molar-refractivity contribution is 5.91. The Morgan fingerprint density at radius 1 is 0.622 bits per heavy atom. The highest BCUT2D eigenvalue weighted by atomic mass is 16.6. The fraction of sp³-hybridized carbons (Fsp3) is 0.241. The summed E-state index contributed by atoms with van der Waals surface area (Å²) >= 11 is 0. The van der Waals surface area contributed by atoms with Crippen molar-refractivity contribution in [3.05, 3.63) is 108 Å². The van der Waals surface area contributed by atoms with E-state index in [4.69, 9.17) is 18.9 Å². The first kappa shape index (κ1) is 25.6. The van der Waals surface area contributed by atoms with Gasteiger partial charge < -0.3 is 18.9 Å². The van der Waals surface area contributed by atoms with E-state index in [1.165, 1.54) is 6.92 Å². The number of rotatable bonds is 8. The smallest absolute Gasteiger partial charge is 0.338 e. The Bertz CT molecular complexity index is 1230. The molecule has 1 aliphatic rings. The minimum Gasteiger partial charge on any atom is -0.462 e. The van der Waals surface area contributed by atoms with E-state index in [2.05, 4.69) is 0 Å². The third-order valence-electron chi connectivity index (χ3n) is 5.95. The van der Waals surface area contributed by atoms with Gasteiger partial charge >= 0.3 is 23.9 Å². The zero-order valence-electron chi connectivity index (χ0n) is 20.1. The summed E-state index contributed by atoms with van der Waals surface area (Å²) in [6.07, 6.45) is -2.89. The highest BCUT2D eigenvalue weighted by Gasteiger charge is 2.50. The topological polar surface area (TPSA) is 105 Å². The lowest BCUT2D eigenvalue weighted by Crippen LogP contribution is -2.41. The van der Waals surface area contributed by atoms with Crippen molar-refractivity contribution < 1.29 is 38.1 Å². The second kappa shape index (κ2) is 12.0. The van der Waals surface area contributed by atoms with Gasteiger partial charge in [-0.3, -0.25) is 4.79 Å². The largest absolute Gasteiger partial charge is 0.462 e. The second-order valence-electron chi connectivity index (χ2n) is 8.58. The second-order valence-corrected chi connectivity index (χ2v) is 8.58. The van der Waals surface area contributed by atoms with Crippen LogP contribution in [0, 0.1) is 5.92 Å². The van der Waals surface area contributed by atoms with Gasteiger partial charge in [-0.05, 0) is 42.8 Å². The lowest BCUT2D eigenvalue weighted by molar-refractivity contribution is -0.152. The molecule has 0 aromatic heterocycles. The zero-order chi connectivity index (χ0) is 26.2. The quantitative estimate of drug-likeness (QED) is 0.333. The number of hydrogen-bond donors (Lipinski definition) is 0. The molecule has 3 aromatic rings. The molecule has 0 spiro atoms. The SMILES string of the molecule is CC(=O)OC1CC(COC(=O)c2ccccc2)C(OC(=O)c2ccccc2)C1OC(=O)c1ccccc1. The average molecular weight is 503 g/mol. The molecule has 1 saturated carbocycles. The van der Waals surface area contributed by atoms with Crippen LogP contribution in [0.3, 0.4) is 0 Å². The maximum atomic E-state index is 13.0. The molecule has 4 atom stereocenters. The van der Waals surface area contributed by atoms with Gasteiger partial charge in [0.1, 0.15) is 12.2 Å². The van der Waals surface area contributed by atoms with Crippen molar-refractivity contribution in [3.63, 3.8) is 0 Å². The fourth-order valence-corrected chi connectivity index (χ4v) is 4.22. The molecular formula is C29H26O8. The first-order chi connectivity index (χ1) is 17.9. The Kier molecular flexibility index (Phi) is 8.30. The summed E-state index contributed by atoms with van der Waals surface area (Å²) in [6.45, 7) is 1.10. The summed E-state index contributed by atoms with van der Waals surface area (Å²) < 4.78 is 22.5. The van der Waals surface area contributed by atoms with Crippen LogP contribution in [0.15, 0.2) is 91.0 Å². The van der Waals surface area contributed by atoms with Gasteiger partial charge in [-0.1, -0.05) is 54.6 Å². The molecule has 0 aliphatic heterocycles. The molecule has 3 aromatic carbocycles. The van der Waals surface area contributed by atoms with E-state index in [0.29, 0.717) is 11.1 Å². The number of carbonyl (C=O) groups excluding carboxylic acids is 4. The van der Waals surface area contributed by atoms with Gasteiger partial charge in [-0.15, -0.1) is 0 Å². The van der Waals surface area contributed by atoms with Crippen molar-refractivity contribution in [2.45, 2.75) is 31.7 Å². The van der Waals surface area contributed by atoms with Crippen LogP contribution in [-0.4, -0.2) is 48.8 Å². The lowest BCUT2D eigenvalue weighted by atomic mass is 10.1. The molecule has 0 amide bonds. The van der Waals surface area contributed by atoms with Crippen LogP contribution in [0.5, 0.6) is 0 Å². The maximum Gasteiger partial charge on any atom is 0.338 e. The molecule has 0 N–H and O–H groups in total. The van der Waals surface area contributed by atoms with Gasteiger partial charge in [-0.2, -0.15) is 0 Å². The molecule has 190 valence electrons. The van der Waals surface area contributed by atoms with E-state index in [9.17, 15) is 19.2 Å². The molecule has 37 heavy (non-hydrogen) atoms. The standard InChI is InChI=1S/C29H26O8/c1-19(30)35-24-17-23(18-34-27(31)20-11-5-2-6-12-20)25(36-28(32)21-13-7-3-8-14-21)26(24)37-29(33)22-15-9-4-10-16-22/h2-16,23-26H,17-18H2,1H3. The monoisotopic (exact) mass is 502 g/mol. The van der Waals surface area contributed by atoms with Crippen LogP contribution in [0.4, 0.5) is 0 Å². The fourth-order valence-electron chi connectivity index (χ4n) is 4.22. The van der Waals surface area contributed by atoms with Gasteiger partial charge in [0, 0.05) is 12.8 Å². The van der Waals surface area contributed by atoms with Crippen LogP contribution in [-0.2, 0) is 23.7 Å². The van der Waals surface area contributed by atoms with E-state index in [0.717, 1.165) is 0 Å². The van der Waals surface area contributed by atoms with Crippen molar-refractivity contribution in [2.75, 3.05) is 6.61 Å². The molecule has 0 radical (unpaired) electrons. The molecule has 1 aliphatic carbocycles. The third kappa shape index (κ3) is 6.61. The van der Waals surface area contributed by atoms with Crippen LogP contribution in [0.25, 0.3) is 0 Å². The van der Waals surface area contributed by atoms with Crippen molar-refractivity contribution in [2.24, 2.45) is 5.92 Å². The predicted octanol–water partition coefficient (Wildman–Crippen LogP) is 4.25. The van der Waals surface area contributed by atoms with Crippen LogP contribution < -0.4 is 0 Å². The summed E-state index contributed by atoms with van der Waals surface area (Å²) in [4.78, 5) is 50.3. The van der Waals surface area contributed by atoms with E-state index >= 15 is 0 Å². The molecule has 8 nitrogen and oxygen atoms in total. The van der Waals surface area contributed by atoms with Gasteiger partial charge in [0.15, 0.2) is 6.10 Å². The maximum absolute atomic E-state index is 13.0. The normalized spacial score (nSPS) is 20.5. The summed E-state index contributed by atoms with van der Waals surface area (Å²) in [5.41, 5.74) is 0.949. The van der Waals surface area contributed by atoms with Gasteiger partial charge in [0.25, 0.3) is 0 Å². The van der Waals surface area contributed by atoms with Crippen molar-refractivity contribution in [3.8, 4) is 0 Å². The van der Waals surface area contributed by atoms with Crippen molar-refractivity contribution in [1.29, 1.82) is 0 Å². The third-order valence-corrected chi connectivity index (χ3v) is 5.95. The molecule has 0 heterocycles. The number of hydrogen-bond acceptors (Lipinski definition) is 8. The van der Waals surface area contributed by atoms with Crippen LogP contribution >= 0.6 is 0 Å². The molecule has 1 fully saturated rings. The summed E-state index contributed by atoms with van der Waals surface area (Å²) in [5, 5.41) is 0. The van der Waals surface area contributed by atoms with E-state index in [1.807, 2.05) is 0 Å². The van der Waals surface area contributed by atoms with E-state index in [1.54, 1.807) is 91.0 Å². The number of ether oxygens (including phenoxy) is 4. The Morgan fingerprint density at radius 2 is 1.05 bits per heavy atom. The van der Waals surface area contributed by atoms with Gasteiger partial charge in [0.05, 0.1) is 23.3 Å². The number of carbonyl (C=O) groups is 4. The Morgan fingerprint density at radius 3 is 1.51 bits per heavy atom. The van der Waals surface area contributed by atoms with Gasteiger partial charge in [0.2, 0.25) is 0 Å². The molecule has 8 heteroatoms. The van der Waals surface area contributed by atoms with Crippen molar-refractivity contribution in [1.82, 2.24) is 0 Å². The predicted molar refractivity (Wildman–Crippen MR) is 132 cm³/mol. The summed E-state index contributed by atoms with van der Waals surface area (Å²) in [5.74, 6) is -3.04. The Labute approximate surface area is 214 Å². The summed E-state index contributed by atoms with van der Waals surface area (Å²) in [6, 6.07) is 25.1. The first-order valence-corrected chi connectivity index (χ1v) is 11.8. The summed E-state index contributed by atoms with van der Waals surface area (Å²) in [7, 11) is 0. The average Bonchev–Trinajstić information content (AvgIpc) is 3.23. The van der Waals surface area contributed by atoms with E-state index < -0.39 is 48.1 Å². The van der Waals surface area contributed by atoms with Crippen molar-refractivity contribution >= 4 is 23.9 Å². The van der Waals surface area contributed by atoms with Crippen LogP contribution in [0.1, 0.15) is 44.4 Å². The minimum absolute atomic E-state index is 0.141.